The van der Waals surface area contributed by atoms with Gasteiger partial charge in [0.25, 0.3) is 5.91 Å². The SMILES string of the molecule is CCNC(=NCCc1nc(C)c(C)s1)NCCNC(=O)c1ccc(C(F)(F)F)cc1.I. The van der Waals surface area contributed by atoms with E-state index in [4.69, 9.17) is 0 Å². The zero-order valence-corrected chi connectivity index (χ0v) is 20.7. The fraction of sp³-hybridized carbons (Fsp3) is 0.450. The van der Waals surface area contributed by atoms with Crippen molar-refractivity contribution in [3.63, 3.8) is 0 Å². The number of benzene rings is 1. The van der Waals surface area contributed by atoms with Crippen LogP contribution in [-0.2, 0) is 12.6 Å². The summed E-state index contributed by atoms with van der Waals surface area (Å²) < 4.78 is 37.7. The minimum Gasteiger partial charge on any atom is -0.357 e. The van der Waals surface area contributed by atoms with Crippen LogP contribution in [0.2, 0.25) is 0 Å². The Labute approximate surface area is 201 Å². The molecule has 1 amide bonds. The van der Waals surface area contributed by atoms with E-state index >= 15 is 0 Å². The summed E-state index contributed by atoms with van der Waals surface area (Å²) in [6, 6.07) is 4.13. The van der Waals surface area contributed by atoms with Gasteiger partial charge in [-0.05, 0) is 45.0 Å². The summed E-state index contributed by atoms with van der Waals surface area (Å²) in [6.45, 7) is 7.99. The number of aryl methyl sites for hydroxylation is 2. The van der Waals surface area contributed by atoms with E-state index in [0.29, 0.717) is 32.1 Å². The molecule has 0 unspecified atom stereocenters. The quantitative estimate of drug-likeness (QED) is 0.195. The van der Waals surface area contributed by atoms with Crippen LogP contribution in [0.15, 0.2) is 29.3 Å². The molecule has 0 saturated carbocycles. The number of carbonyl (C=O) groups excluding carboxylic acids is 1. The van der Waals surface area contributed by atoms with E-state index in [1.54, 1.807) is 11.3 Å². The predicted molar refractivity (Wildman–Crippen MR) is 128 cm³/mol. The van der Waals surface area contributed by atoms with E-state index in [1.807, 2.05) is 20.8 Å². The Hall–Kier alpha value is -1.89. The fourth-order valence-corrected chi connectivity index (χ4v) is 3.44. The highest BCUT2D eigenvalue weighted by Crippen LogP contribution is 2.29. The minimum absolute atomic E-state index is 0. The lowest BCUT2D eigenvalue weighted by Crippen LogP contribution is -2.41. The third-order valence-electron chi connectivity index (χ3n) is 4.19. The number of thiazole rings is 1. The van der Waals surface area contributed by atoms with Crippen molar-refractivity contribution >= 4 is 47.2 Å². The van der Waals surface area contributed by atoms with Gasteiger partial charge in [-0.2, -0.15) is 13.2 Å². The van der Waals surface area contributed by atoms with Gasteiger partial charge >= 0.3 is 6.18 Å². The molecular formula is C20H27F3IN5OS. The second-order valence-electron chi connectivity index (χ2n) is 6.52. The largest absolute Gasteiger partial charge is 0.416 e. The summed E-state index contributed by atoms with van der Waals surface area (Å²) >= 11 is 1.67. The summed E-state index contributed by atoms with van der Waals surface area (Å²) in [6.07, 6.45) is -3.67. The number of amides is 1. The summed E-state index contributed by atoms with van der Waals surface area (Å²) in [5, 5.41) is 9.97. The lowest BCUT2D eigenvalue weighted by molar-refractivity contribution is -0.137. The lowest BCUT2D eigenvalue weighted by Gasteiger charge is -2.12. The molecule has 1 heterocycles. The van der Waals surface area contributed by atoms with Gasteiger partial charge in [0.15, 0.2) is 5.96 Å². The van der Waals surface area contributed by atoms with Crippen molar-refractivity contribution in [2.45, 2.75) is 33.4 Å². The van der Waals surface area contributed by atoms with Crippen LogP contribution in [-0.4, -0.2) is 43.0 Å². The maximum atomic E-state index is 12.6. The minimum atomic E-state index is -4.42. The molecule has 11 heteroatoms. The maximum absolute atomic E-state index is 12.6. The van der Waals surface area contributed by atoms with Gasteiger partial charge in [-0.3, -0.25) is 9.79 Å². The van der Waals surface area contributed by atoms with Crippen LogP contribution < -0.4 is 16.0 Å². The van der Waals surface area contributed by atoms with Crippen molar-refractivity contribution in [3.8, 4) is 0 Å². The van der Waals surface area contributed by atoms with Crippen molar-refractivity contribution < 1.29 is 18.0 Å². The number of aromatic nitrogens is 1. The molecule has 0 aliphatic carbocycles. The first kappa shape index (κ1) is 27.1. The lowest BCUT2D eigenvalue weighted by atomic mass is 10.1. The molecule has 2 aromatic rings. The summed E-state index contributed by atoms with van der Waals surface area (Å²) in [5.74, 6) is 0.202. The highest BCUT2D eigenvalue weighted by molar-refractivity contribution is 14.0. The molecule has 31 heavy (non-hydrogen) atoms. The van der Waals surface area contributed by atoms with Gasteiger partial charge in [0.1, 0.15) is 0 Å². The normalized spacial score (nSPS) is 11.6. The number of aliphatic imine (C=N–C) groups is 1. The van der Waals surface area contributed by atoms with E-state index < -0.39 is 17.6 Å². The fourth-order valence-electron chi connectivity index (χ4n) is 2.52. The van der Waals surface area contributed by atoms with Gasteiger partial charge in [0, 0.05) is 43.0 Å². The van der Waals surface area contributed by atoms with Crippen LogP contribution >= 0.6 is 35.3 Å². The third-order valence-corrected chi connectivity index (χ3v) is 5.32. The standard InChI is InChI=1S/C20H26F3N5OS.HI/c1-4-24-19(26-10-9-17-28-13(2)14(3)30-17)27-12-11-25-18(29)15-5-7-16(8-6-15)20(21,22)23;/h5-8H,4,9-12H2,1-3H3,(H,25,29)(H2,24,26,27);1H. The molecule has 0 spiro atoms. The molecule has 0 bridgehead atoms. The molecular weight excluding hydrogens is 542 g/mol. The van der Waals surface area contributed by atoms with Crippen LogP contribution in [0.5, 0.6) is 0 Å². The number of nitrogens with zero attached hydrogens (tertiary/aromatic N) is 2. The average Bonchev–Trinajstić information content (AvgIpc) is 3.01. The van der Waals surface area contributed by atoms with Gasteiger partial charge in [0.2, 0.25) is 0 Å². The first-order valence-electron chi connectivity index (χ1n) is 9.61. The number of halogens is 4. The van der Waals surface area contributed by atoms with Crippen molar-refractivity contribution in [1.29, 1.82) is 0 Å². The highest BCUT2D eigenvalue weighted by atomic mass is 127. The molecule has 2 rings (SSSR count). The second kappa shape index (κ2) is 12.8. The summed E-state index contributed by atoms with van der Waals surface area (Å²) in [5.41, 5.74) is 0.445. The Morgan fingerprint density at radius 1 is 1.10 bits per heavy atom. The maximum Gasteiger partial charge on any atom is 0.416 e. The molecule has 0 saturated heterocycles. The monoisotopic (exact) mass is 569 g/mol. The zero-order chi connectivity index (χ0) is 22.1. The average molecular weight is 569 g/mol. The Morgan fingerprint density at radius 3 is 2.29 bits per heavy atom. The van der Waals surface area contributed by atoms with Crippen LogP contribution in [0.1, 0.15) is 38.4 Å². The topological polar surface area (TPSA) is 78.4 Å². The van der Waals surface area contributed by atoms with Crippen LogP contribution in [0.25, 0.3) is 0 Å². The van der Waals surface area contributed by atoms with Crippen molar-refractivity contribution in [3.05, 3.63) is 51.0 Å². The van der Waals surface area contributed by atoms with Crippen molar-refractivity contribution in [2.24, 2.45) is 4.99 Å². The van der Waals surface area contributed by atoms with E-state index in [0.717, 1.165) is 29.3 Å². The Morgan fingerprint density at radius 2 is 1.74 bits per heavy atom. The van der Waals surface area contributed by atoms with Gasteiger partial charge < -0.3 is 16.0 Å². The highest BCUT2D eigenvalue weighted by Gasteiger charge is 2.30. The molecule has 0 fully saturated rings. The zero-order valence-electron chi connectivity index (χ0n) is 17.6. The number of guanidine groups is 1. The van der Waals surface area contributed by atoms with Gasteiger partial charge in [-0.1, -0.05) is 0 Å². The first-order valence-corrected chi connectivity index (χ1v) is 10.4. The Balaban J connectivity index is 0.00000480. The number of rotatable bonds is 8. The number of hydrogen-bond donors (Lipinski definition) is 3. The van der Waals surface area contributed by atoms with E-state index in [1.165, 1.54) is 17.0 Å². The summed E-state index contributed by atoms with van der Waals surface area (Å²) in [4.78, 5) is 22.3. The molecule has 0 radical (unpaired) electrons. The van der Waals surface area contributed by atoms with Crippen LogP contribution in [0, 0.1) is 13.8 Å². The van der Waals surface area contributed by atoms with Gasteiger partial charge in [-0.15, -0.1) is 35.3 Å². The molecule has 172 valence electrons. The number of hydrogen-bond acceptors (Lipinski definition) is 4. The number of alkyl halides is 3. The molecule has 6 nitrogen and oxygen atoms in total. The smallest absolute Gasteiger partial charge is 0.357 e. The molecule has 0 atom stereocenters. The molecule has 0 aliphatic rings. The second-order valence-corrected chi connectivity index (χ2v) is 7.81. The molecule has 3 N–H and O–H groups in total. The molecule has 1 aromatic carbocycles. The molecule has 0 aliphatic heterocycles. The summed E-state index contributed by atoms with van der Waals surface area (Å²) in [7, 11) is 0. The van der Waals surface area contributed by atoms with Gasteiger partial charge in [0.05, 0.1) is 16.3 Å². The van der Waals surface area contributed by atoms with E-state index in [2.05, 4.69) is 25.9 Å². The predicted octanol–water partition coefficient (Wildman–Crippen LogP) is 3.92. The third kappa shape index (κ3) is 9.01. The van der Waals surface area contributed by atoms with Crippen molar-refractivity contribution in [2.75, 3.05) is 26.2 Å². The number of nitrogens with one attached hydrogen (secondary N) is 3. The van der Waals surface area contributed by atoms with Crippen LogP contribution in [0.4, 0.5) is 13.2 Å². The molecule has 1 aromatic heterocycles. The van der Waals surface area contributed by atoms with E-state index in [9.17, 15) is 18.0 Å². The first-order chi connectivity index (χ1) is 14.2. The van der Waals surface area contributed by atoms with Crippen molar-refractivity contribution in [1.82, 2.24) is 20.9 Å². The number of carbonyl (C=O) groups is 1. The Bertz CT molecular complexity index is 849. The Kier molecular flexibility index (Phi) is 11.2. The van der Waals surface area contributed by atoms with E-state index in [-0.39, 0.29) is 29.5 Å². The van der Waals surface area contributed by atoms with Crippen LogP contribution in [0.3, 0.4) is 0 Å². The van der Waals surface area contributed by atoms with Gasteiger partial charge in [-0.25, -0.2) is 4.98 Å².